The maximum Gasteiger partial charge on any atom is 0.347 e. The van der Waals surface area contributed by atoms with E-state index in [4.69, 9.17) is 0 Å². The molecule has 0 aliphatic heterocycles. The molecule has 18 heavy (non-hydrogen) atoms. The lowest BCUT2D eigenvalue weighted by Crippen LogP contribution is -2.16. The summed E-state index contributed by atoms with van der Waals surface area (Å²) in [5, 5.41) is 12.1. The van der Waals surface area contributed by atoms with E-state index in [1.807, 2.05) is 39.1 Å². The van der Waals surface area contributed by atoms with Gasteiger partial charge >= 0.3 is 5.97 Å². The zero-order valence-corrected chi connectivity index (χ0v) is 12.4. The van der Waals surface area contributed by atoms with Crippen LogP contribution in [0.3, 0.4) is 0 Å². The summed E-state index contributed by atoms with van der Waals surface area (Å²) in [5.74, 6) is -0.891. The molecule has 0 bridgehead atoms. The Morgan fingerprint density at radius 2 is 2.06 bits per heavy atom. The number of nitrogens with zero attached hydrogens (tertiary/aromatic N) is 1. The topological polar surface area (TPSA) is 50.2 Å². The summed E-state index contributed by atoms with van der Waals surface area (Å²) in [4.78, 5) is 17.3. The van der Waals surface area contributed by atoms with Crippen molar-refractivity contribution in [2.24, 2.45) is 0 Å². The quantitative estimate of drug-likeness (QED) is 0.898. The van der Waals surface area contributed by atoms with Gasteiger partial charge in [-0.1, -0.05) is 20.8 Å². The maximum atomic E-state index is 11.3. The maximum absolute atomic E-state index is 11.3. The molecule has 0 spiro atoms. The fourth-order valence-corrected chi connectivity index (χ4v) is 3.86. The van der Waals surface area contributed by atoms with Crippen LogP contribution in [0.25, 0.3) is 9.88 Å². The Morgan fingerprint density at radius 3 is 2.44 bits per heavy atom. The lowest BCUT2D eigenvalue weighted by atomic mass is 9.91. The molecule has 0 saturated heterocycles. The van der Waals surface area contributed by atoms with Crippen LogP contribution in [0.1, 0.15) is 41.7 Å². The smallest absolute Gasteiger partial charge is 0.347 e. The molecule has 0 aliphatic carbocycles. The summed E-state index contributed by atoms with van der Waals surface area (Å²) in [6.45, 7) is 7.98. The molecular formula is C13H15NO2S2. The lowest BCUT2D eigenvalue weighted by molar-refractivity contribution is 0.0699. The van der Waals surface area contributed by atoms with Crippen LogP contribution in [0.4, 0.5) is 0 Å². The van der Waals surface area contributed by atoms with Crippen molar-refractivity contribution < 1.29 is 9.90 Å². The minimum atomic E-state index is -0.891. The average molecular weight is 281 g/mol. The molecule has 0 unspecified atom stereocenters. The molecule has 2 heterocycles. The van der Waals surface area contributed by atoms with Gasteiger partial charge in [-0.05, 0) is 23.9 Å². The summed E-state index contributed by atoms with van der Waals surface area (Å²) in [5.41, 5.74) is 1.56. The molecule has 0 radical (unpaired) electrons. The fraction of sp³-hybridized carbons (Fsp3) is 0.385. The summed E-state index contributed by atoms with van der Waals surface area (Å²) in [7, 11) is 0. The second kappa shape index (κ2) is 4.48. The van der Waals surface area contributed by atoms with Crippen LogP contribution in [-0.2, 0) is 5.41 Å². The van der Waals surface area contributed by atoms with Crippen molar-refractivity contribution in [1.29, 1.82) is 0 Å². The normalized spacial score (nSPS) is 11.8. The fourth-order valence-electron chi connectivity index (χ4n) is 1.66. The Labute approximate surface area is 114 Å². The molecule has 96 valence electrons. The highest BCUT2D eigenvalue weighted by molar-refractivity contribution is 7.22. The molecule has 0 atom stereocenters. The van der Waals surface area contributed by atoms with E-state index in [9.17, 15) is 9.90 Å². The van der Waals surface area contributed by atoms with Crippen LogP contribution in [-0.4, -0.2) is 16.1 Å². The molecule has 3 nitrogen and oxygen atoms in total. The van der Waals surface area contributed by atoms with E-state index in [0.29, 0.717) is 10.6 Å². The first kappa shape index (κ1) is 13.2. The van der Waals surface area contributed by atoms with Gasteiger partial charge in [0.2, 0.25) is 0 Å². The summed E-state index contributed by atoms with van der Waals surface area (Å²) in [6, 6.07) is 2.03. The van der Waals surface area contributed by atoms with E-state index in [1.54, 1.807) is 11.3 Å². The molecule has 5 heteroatoms. The molecule has 0 aromatic carbocycles. The number of aryl methyl sites for hydroxylation is 1. The summed E-state index contributed by atoms with van der Waals surface area (Å²) < 4.78 is 0. The number of hydrogen-bond acceptors (Lipinski definition) is 4. The van der Waals surface area contributed by atoms with Gasteiger partial charge in [-0.2, -0.15) is 0 Å². The number of carbonyl (C=O) groups is 1. The Bertz CT molecular complexity index is 590. The minimum absolute atomic E-state index is 0.256. The van der Waals surface area contributed by atoms with E-state index in [-0.39, 0.29) is 5.41 Å². The zero-order chi connectivity index (χ0) is 13.5. The van der Waals surface area contributed by atoms with Crippen molar-refractivity contribution in [2.45, 2.75) is 33.1 Å². The summed E-state index contributed by atoms with van der Waals surface area (Å²) >= 11 is 2.87. The number of rotatable bonds is 2. The predicted octanol–water partition coefficient (Wildman–Crippen LogP) is 4.18. The molecular weight excluding hydrogens is 266 g/mol. The third kappa shape index (κ3) is 2.33. The number of carboxylic acids is 1. The first-order valence-corrected chi connectivity index (χ1v) is 7.29. The van der Waals surface area contributed by atoms with Crippen LogP contribution >= 0.6 is 22.7 Å². The SMILES string of the molecule is Cc1ccsc1-c1nc(C(C)(C)C)c(C(=O)O)s1. The van der Waals surface area contributed by atoms with Crippen molar-refractivity contribution in [1.82, 2.24) is 4.98 Å². The van der Waals surface area contributed by atoms with Gasteiger partial charge in [-0.15, -0.1) is 22.7 Å². The number of hydrogen-bond donors (Lipinski definition) is 1. The number of aromatic carboxylic acids is 1. The van der Waals surface area contributed by atoms with Gasteiger partial charge in [-0.3, -0.25) is 0 Å². The predicted molar refractivity (Wildman–Crippen MR) is 75.8 cm³/mol. The van der Waals surface area contributed by atoms with Crippen molar-refractivity contribution in [2.75, 3.05) is 0 Å². The highest BCUT2D eigenvalue weighted by Gasteiger charge is 2.27. The second-order valence-electron chi connectivity index (χ2n) is 5.18. The van der Waals surface area contributed by atoms with Crippen LogP contribution in [0.5, 0.6) is 0 Å². The molecule has 2 aromatic rings. The van der Waals surface area contributed by atoms with Crippen LogP contribution in [0.2, 0.25) is 0 Å². The van der Waals surface area contributed by atoms with E-state index in [0.717, 1.165) is 15.4 Å². The van der Waals surface area contributed by atoms with Gasteiger partial charge in [0.05, 0.1) is 10.6 Å². The Morgan fingerprint density at radius 1 is 1.39 bits per heavy atom. The third-order valence-electron chi connectivity index (χ3n) is 2.59. The van der Waals surface area contributed by atoms with Crippen LogP contribution < -0.4 is 0 Å². The molecule has 0 fully saturated rings. The first-order valence-electron chi connectivity index (χ1n) is 5.60. The third-order valence-corrected chi connectivity index (χ3v) is 4.80. The molecule has 2 rings (SSSR count). The molecule has 2 aromatic heterocycles. The Hall–Kier alpha value is -1.20. The number of thiazole rings is 1. The number of thiophene rings is 1. The number of carboxylic acid groups (broad SMARTS) is 1. The standard InChI is InChI=1S/C13H15NO2S2/c1-7-5-6-17-8(7)11-14-10(13(2,3)4)9(18-11)12(15)16/h5-6H,1-4H3,(H,15,16). The highest BCUT2D eigenvalue weighted by atomic mass is 32.1. The van der Waals surface area contributed by atoms with Crippen LogP contribution in [0.15, 0.2) is 11.4 Å². The van der Waals surface area contributed by atoms with Gasteiger partial charge in [-0.25, -0.2) is 9.78 Å². The van der Waals surface area contributed by atoms with Gasteiger partial charge < -0.3 is 5.11 Å². The van der Waals surface area contributed by atoms with Gasteiger partial charge in [0.25, 0.3) is 0 Å². The Balaban J connectivity index is 2.60. The van der Waals surface area contributed by atoms with Crippen molar-refractivity contribution in [3.63, 3.8) is 0 Å². The Kier molecular flexibility index (Phi) is 3.29. The van der Waals surface area contributed by atoms with E-state index in [2.05, 4.69) is 4.98 Å². The molecule has 0 aliphatic rings. The second-order valence-corrected chi connectivity index (χ2v) is 7.10. The van der Waals surface area contributed by atoms with E-state index >= 15 is 0 Å². The van der Waals surface area contributed by atoms with Crippen molar-refractivity contribution in [3.8, 4) is 9.88 Å². The lowest BCUT2D eigenvalue weighted by Gasteiger charge is -2.15. The van der Waals surface area contributed by atoms with Crippen molar-refractivity contribution in [3.05, 3.63) is 27.6 Å². The highest BCUT2D eigenvalue weighted by Crippen LogP contribution is 2.37. The number of aromatic nitrogens is 1. The van der Waals surface area contributed by atoms with Gasteiger partial charge in [0, 0.05) is 5.41 Å². The van der Waals surface area contributed by atoms with E-state index < -0.39 is 5.97 Å². The average Bonchev–Trinajstić information content (AvgIpc) is 2.81. The monoisotopic (exact) mass is 281 g/mol. The minimum Gasteiger partial charge on any atom is -0.477 e. The first-order chi connectivity index (χ1) is 8.30. The van der Waals surface area contributed by atoms with Crippen LogP contribution in [0, 0.1) is 6.92 Å². The molecule has 0 amide bonds. The molecule has 0 saturated carbocycles. The zero-order valence-electron chi connectivity index (χ0n) is 10.8. The van der Waals surface area contributed by atoms with Gasteiger partial charge in [0.15, 0.2) is 0 Å². The van der Waals surface area contributed by atoms with E-state index in [1.165, 1.54) is 11.3 Å². The molecule has 1 N–H and O–H groups in total. The van der Waals surface area contributed by atoms with Crippen molar-refractivity contribution >= 4 is 28.6 Å². The largest absolute Gasteiger partial charge is 0.477 e. The summed E-state index contributed by atoms with van der Waals surface area (Å²) in [6.07, 6.45) is 0. The van der Waals surface area contributed by atoms with Gasteiger partial charge in [0.1, 0.15) is 9.88 Å².